The van der Waals surface area contributed by atoms with E-state index >= 15 is 0 Å². The Labute approximate surface area is 165 Å². The van der Waals surface area contributed by atoms with Crippen LogP contribution < -0.4 is 5.32 Å². The van der Waals surface area contributed by atoms with E-state index in [2.05, 4.69) is 15.5 Å². The van der Waals surface area contributed by atoms with Gasteiger partial charge in [0.1, 0.15) is 0 Å². The second-order valence-electron chi connectivity index (χ2n) is 7.80. The predicted molar refractivity (Wildman–Crippen MR) is 106 cm³/mol. The monoisotopic (exact) mass is 384 g/mol. The van der Waals surface area contributed by atoms with Gasteiger partial charge in [0.25, 0.3) is 5.89 Å². The summed E-state index contributed by atoms with van der Waals surface area (Å²) in [6.07, 6.45) is 4.54. The first kappa shape index (κ1) is 18.9. The van der Waals surface area contributed by atoms with E-state index in [-0.39, 0.29) is 6.03 Å². The Morgan fingerprint density at radius 2 is 2.18 bits per heavy atom. The third kappa shape index (κ3) is 4.04. The van der Waals surface area contributed by atoms with E-state index in [4.69, 9.17) is 9.26 Å². The first-order chi connectivity index (χ1) is 13.6. The highest BCUT2D eigenvalue weighted by Crippen LogP contribution is 2.35. The van der Waals surface area contributed by atoms with Crippen LogP contribution in [0.25, 0.3) is 11.5 Å². The number of rotatable bonds is 4. The fourth-order valence-electron chi connectivity index (χ4n) is 3.82. The molecular formula is C21H28N4O3. The molecule has 1 aliphatic heterocycles. The van der Waals surface area contributed by atoms with E-state index in [9.17, 15) is 4.79 Å². The molecule has 1 atom stereocenters. The number of nitrogens with zero attached hydrogens (tertiary/aromatic N) is 3. The number of carbonyl (C=O) groups is 1. The number of carbonyl (C=O) groups excluding carboxylic acids is 1. The summed E-state index contributed by atoms with van der Waals surface area (Å²) in [5.74, 6) is 2.29. The third-order valence-electron chi connectivity index (χ3n) is 5.91. The number of nitrogens with one attached hydrogen (secondary N) is 1. The molecule has 2 aromatic rings. The summed E-state index contributed by atoms with van der Waals surface area (Å²) >= 11 is 0. The maximum absolute atomic E-state index is 13.0. The van der Waals surface area contributed by atoms with E-state index in [0.29, 0.717) is 36.7 Å². The Morgan fingerprint density at radius 1 is 1.32 bits per heavy atom. The summed E-state index contributed by atoms with van der Waals surface area (Å²) in [6, 6.07) is 5.72. The minimum absolute atomic E-state index is 0.0742. The highest BCUT2D eigenvalue weighted by Gasteiger charge is 2.32. The van der Waals surface area contributed by atoms with Gasteiger partial charge in [-0.05, 0) is 30.5 Å². The van der Waals surface area contributed by atoms with Crippen LogP contribution >= 0.6 is 0 Å². The number of hydrogen-bond donors (Lipinski definition) is 1. The van der Waals surface area contributed by atoms with E-state index in [1.165, 1.54) is 19.3 Å². The largest absolute Gasteiger partial charge is 0.379 e. The number of aromatic nitrogens is 2. The SMILES string of the molecule is CCc1noc(-c2ccc(C)c(NC(=O)N3CCOCC(C4CCC4)C3)c2)n1. The van der Waals surface area contributed by atoms with Crippen LogP contribution in [0, 0.1) is 18.8 Å². The zero-order valence-electron chi connectivity index (χ0n) is 16.6. The molecule has 2 fully saturated rings. The molecule has 1 aromatic carbocycles. The summed E-state index contributed by atoms with van der Waals surface area (Å²) in [6.45, 7) is 6.71. The number of urea groups is 1. The molecule has 2 aliphatic rings. The second kappa shape index (κ2) is 8.31. The van der Waals surface area contributed by atoms with Crippen molar-refractivity contribution in [3.8, 4) is 11.5 Å². The molecule has 1 saturated heterocycles. The average Bonchev–Trinajstić information content (AvgIpc) is 3.01. The molecule has 2 amide bonds. The van der Waals surface area contributed by atoms with Crippen molar-refractivity contribution in [3.63, 3.8) is 0 Å². The van der Waals surface area contributed by atoms with Gasteiger partial charge >= 0.3 is 6.03 Å². The molecule has 7 heteroatoms. The highest BCUT2D eigenvalue weighted by molar-refractivity contribution is 5.91. The third-order valence-corrected chi connectivity index (χ3v) is 5.91. The fourth-order valence-corrected chi connectivity index (χ4v) is 3.82. The summed E-state index contributed by atoms with van der Waals surface area (Å²) in [4.78, 5) is 19.2. The number of hydrogen-bond acceptors (Lipinski definition) is 5. The number of aryl methyl sites for hydroxylation is 2. The number of benzene rings is 1. The molecule has 1 aliphatic carbocycles. The van der Waals surface area contributed by atoms with Gasteiger partial charge in [-0.1, -0.05) is 37.4 Å². The van der Waals surface area contributed by atoms with Crippen molar-refractivity contribution >= 4 is 11.7 Å². The Morgan fingerprint density at radius 3 is 2.89 bits per heavy atom. The Kier molecular flexibility index (Phi) is 5.62. The number of amides is 2. The molecule has 4 rings (SSSR count). The molecule has 0 radical (unpaired) electrons. The van der Waals surface area contributed by atoms with E-state index in [1.54, 1.807) is 0 Å². The lowest BCUT2D eigenvalue weighted by atomic mass is 9.76. The zero-order valence-corrected chi connectivity index (χ0v) is 16.6. The van der Waals surface area contributed by atoms with Crippen molar-refractivity contribution in [1.82, 2.24) is 15.0 Å². The van der Waals surface area contributed by atoms with Crippen LogP contribution in [0.3, 0.4) is 0 Å². The fraction of sp³-hybridized carbons (Fsp3) is 0.571. The highest BCUT2D eigenvalue weighted by atomic mass is 16.5. The summed E-state index contributed by atoms with van der Waals surface area (Å²) in [5, 5.41) is 7.03. The van der Waals surface area contributed by atoms with Gasteiger partial charge in [-0.25, -0.2) is 4.79 Å². The van der Waals surface area contributed by atoms with Crippen molar-refractivity contribution < 1.29 is 14.1 Å². The van der Waals surface area contributed by atoms with Gasteiger partial charge in [0.05, 0.1) is 13.2 Å². The van der Waals surface area contributed by atoms with Crippen molar-refractivity contribution in [3.05, 3.63) is 29.6 Å². The first-order valence-corrected chi connectivity index (χ1v) is 10.2. The Balaban J connectivity index is 1.47. The van der Waals surface area contributed by atoms with Crippen LogP contribution in [-0.2, 0) is 11.2 Å². The molecule has 0 bridgehead atoms. The maximum atomic E-state index is 13.0. The topological polar surface area (TPSA) is 80.5 Å². The predicted octanol–water partition coefficient (Wildman–Crippen LogP) is 3.89. The van der Waals surface area contributed by atoms with Gasteiger partial charge in [-0.15, -0.1) is 0 Å². The standard InChI is InChI=1S/C21H28N4O3/c1-3-19-23-20(28-24-19)16-8-7-14(2)18(11-16)22-21(26)25-9-10-27-13-17(12-25)15-5-4-6-15/h7-8,11,15,17H,3-6,9-10,12-13H2,1-2H3,(H,22,26). The molecule has 1 saturated carbocycles. The van der Waals surface area contributed by atoms with Gasteiger partial charge in [-0.2, -0.15) is 4.98 Å². The Bertz CT molecular complexity index is 831. The zero-order chi connectivity index (χ0) is 19.5. The van der Waals surface area contributed by atoms with Gasteiger partial charge in [0.15, 0.2) is 5.82 Å². The summed E-state index contributed by atoms with van der Waals surface area (Å²) in [5.41, 5.74) is 2.57. The van der Waals surface area contributed by atoms with Crippen molar-refractivity contribution in [2.75, 3.05) is 31.6 Å². The van der Waals surface area contributed by atoms with E-state index < -0.39 is 0 Å². The molecule has 2 heterocycles. The quantitative estimate of drug-likeness (QED) is 0.865. The number of ether oxygens (including phenoxy) is 1. The first-order valence-electron chi connectivity index (χ1n) is 10.2. The normalized spacial score (nSPS) is 20.5. The van der Waals surface area contributed by atoms with Crippen molar-refractivity contribution in [1.29, 1.82) is 0 Å². The molecule has 1 aromatic heterocycles. The average molecular weight is 384 g/mol. The van der Waals surface area contributed by atoms with Crippen LogP contribution in [0.2, 0.25) is 0 Å². The summed E-state index contributed by atoms with van der Waals surface area (Å²) < 4.78 is 11.1. The van der Waals surface area contributed by atoms with Gasteiger partial charge in [-0.3, -0.25) is 0 Å². The van der Waals surface area contributed by atoms with Crippen molar-refractivity contribution in [2.24, 2.45) is 11.8 Å². The lowest BCUT2D eigenvalue weighted by Gasteiger charge is -2.34. The lowest BCUT2D eigenvalue weighted by molar-refractivity contribution is 0.0776. The van der Waals surface area contributed by atoms with Gasteiger partial charge < -0.3 is 19.5 Å². The van der Waals surface area contributed by atoms with Gasteiger partial charge in [0.2, 0.25) is 0 Å². The maximum Gasteiger partial charge on any atom is 0.321 e. The van der Waals surface area contributed by atoms with Crippen LogP contribution in [-0.4, -0.2) is 47.4 Å². The number of anilines is 1. The second-order valence-corrected chi connectivity index (χ2v) is 7.80. The van der Waals surface area contributed by atoms with Crippen LogP contribution in [0.1, 0.15) is 37.6 Å². The molecule has 28 heavy (non-hydrogen) atoms. The molecule has 150 valence electrons. The van der Waals surface area contributed by atoms with Gasteiger partial charge in [0, 0.05) is 36.7 Å². The summed E-state index contributed by atoms with van der Waals surface area (Å²) in [7, 11) is 0. The Hall–Kier alpha value is -2.41. The van der Waals surface area contributed by atoms with E-state index in [0.717, 1.165) is 36.4 Å². The molecule has 1 N–H and O–H groups in total. The molecule has 7 nitrogen and oxygen atoms in total. The minimum Gasteiger partial charge on any atom is -0.379 e. The van der Waals surface area contributed by atoms with Crippen LogP contribution in [0.15, 0.2) is 22.7 Å². The molecule has 1 unspecified atom stereocenters. The van der Waals surface area contributed by atoms with E-state index in [1.807, 2.05) is 36.9 Å². The lowest BCUT2D eigenvalue weighted by Crippen LogP contribution is -2.41. The van der Waals surface area contributed by atoms with Crippen molar-refractivity contribution in [2.45, 2.75) is 39.5 Å². The molecule has 0 spiro atoms. The van der Waals surface area contributed by atoms with Crippen LogP contribution in [0.4, 0.5) is 10.5 Å². The smallest absolute Gasteiger partial charge is 0.321 e. The van der Waals surface area contributed by atoms with Crippen LogP contribution in [0.5, 0.6) is 0 Å². The molecular weight excluding hydrogens is 356 g/mol. The minimum atomic E-state index is -0.0742.